The summed E-state index contributed by atoms with van der Waals surface area (Å²) in [4.78, 5) is 0. The van der Waals surface area contributed by atoms with Gasteiger partial charge in [-0.1, -0.05) is 123 Å². The number of rotatable bonds is 5. The molecule has 0 aromatic heterocycles. The van der Waals surface area contributed by atoms with Crippen LogP contribution in [0.5, 0.6) is 0 Å². The van der Waals surface area contributed by atoms with Crippen LogP contribution in [0.25, 0.3) is 16.8 Å². The molecule has 164 valence electrons. The van der Waals surface area contributed by atoms with E-state index in [1.165, 1.54) is 55.3 Å². The van der Waals surface area contributed by atoms with Gasteiger partial charge < -0.3 is 0 Å². The monoisotopic (exact) mass is 428 g/mol. The molecule has 2 aliphatic rings. The van der Waals surface area contributed by atoms with Gasteiger partial charge in [-0.2, -0.15) is 0 Å². The molecule has 0 bridgehead atoms. The van der Waals surface area contributed by atoms with E-state index in [1.54, 1.807) is 0 Å². The molecule has 0 saturated heterocycles. The zero-order valence-electron chi connectivity index (χ0n) is 19.8. The molecule has 2 atom stereocenters. The highest BCUT2D eigenvalue weighted by Gasteiger charge is 2.40. The van der Waals surface area contributed by atoms with E-state index >= 15 is 0 Å². The van der Waals surface area contributed by atoms with E-state index in [-0.39, 0.29) is 5.92 Å². The fourth-order valence-electron chi connectivity index (χ4n) is 5.85. The summed E-state index contributed by atoms with van der Waals surface area (Å²) in [6.45, 7) is 13.7. The van der Waals surface area contributed by atoms with Crippen molar-refractivity contribution in [2.45, 2.75) is 39.0 Å². The van der Waals surface area contributed by atoms with Crippen molar-refractivity contribution in [3.8, 4) is 0 Å². The maximum Gasteiger partial charge on any atom is 0.0201 e. The minimum Gasteiger partial charge on any atom is -0.0955 e. The first-order valence-electron chi connectivity index (χ1n) is 12.1. The summed E-state index contributed by atoms with van der Waals surface area (Å²) in [5.74, 6) is 0.595. The van der Waals surface area contributed by atoms with E-state index in [1.807, 2.05) is 0 Å². The van der Waals surface area contributed by atoms with E-state index in [4.69, 9.17) is 0 Å². The van der Waals surface area contributed by atoms with Crippen molar-refractivity contribution >= 4 is 16.8 Å². The molecular weight excluding hydrogens is 396 g/mol. The third-order valence-corrected chi connectivity index (χ3v) is 7.30. The van der Waals surface area contributed by atoms with Crippen LogP contribution in [0.1, 0.15) is 50.2 Å². The average Bonchev–Trinajstić information content (AvgIpc) is 3.13. The topological polar surface area (TPSA) is 0 Å². The van der Waals surface area contributed by atoms with Gasteiger partial charge in [-0.3, -0.25) is 0 Å². The molecule has 3 aromatic rings. The van der Waals surface area contributed by atoms with Gasteiger partial charge >= 0.3 is 0 Å². The molecule has 1 fully saturated rings. The number of fused-ring (bicyclic) bond motifs is 2. The van der Waals surface area contributed by atoms with Gasteiger partial charge in [-0.05, 0) is 64.0 Å². The lowest BCUT2D eigenvalue weighted by Crippen LogP contribution is -2.21. The molecule has 0 N–H and O–H groups in total. The van der Waals surface area contributed by atoms with Gasteiger partial charge in [-0.25, -0.2) is 0 Å². The molecule has 0 heteroatoms. The third-order valence-electron chi connectivity index (χ3n) is 7.30. The summed E-state index contributed by atoms with van der Waals surface area (Å²) < 4.78 is 0. The average molecular weight is 429 g/mol. The number of hydrogen-bond acceptors (Lipinski definition) is 0. The van der Waals surface area contributed by atoms with Gasteiger partial charge in [0.25, 0.3) is 0 Å². The molecule has 0 heterocycles. The zero-order valence-corrected chi connectivity index (χ0v) is 19.8. The van der Waals surface area contributed by atoms with Crippen molar-refractivity contribution in [1.29, 1.82) is 0 Å². The van der Waals surface area contributed by atoms with Crippen LogP contribution in [0.2, 0.25) is 0 Å². The van der Waals surface area contributed by atoms with E-state index in [0.717, 1.165) is 19.3 Å². The van der Waals surface area contributed by atoms with Crippen LogP contribution in [-0.4, -0.2) is 0 Å². The van der Waals surface area contributed by atoms with Crippen molar-refractivity contribution < 1.29 is 0 Å². The lowest BCUT2D eigenvalue weighted by Gasteiger charge is -2.34. The molecule has 0 aliphatic heterocycles. The van der Waals surface area contributed by atoms with Crippen LogP contribution in [-0.2, 0) is 0 Å². The quantitative estimate of drug-likeness (QED) is 0.380. The Morgan fingerprint density at radius 1 is 0.939 bits per heavy atom. The summed E-state index contributed by atoms with van der Waals surface area (Å²) in [7, 11) is 0. The van der Waals surface area contributed by atoms with Crippen LogP contribution in [0.4, 0.5) is 0 Å². The molecule has 0 amide bonds. The van der Waals surface area contributed by atoms with Crippen LogP contribution < -0.4 is 0 Å². The Kier molecular flexibility index (Phi) is 5.77. The molecule has 0 unspecified atom stereocenters. The minimum atomic E-state index is 0.288. The smallest absolute Gasteiger partial charge is 0.0201 e. The van der Waals surface area contributed by atoms with E-state index in [2.05, 4.69) is 112 Å². The largest absolute Gasteiger partial charge is 0.0955 e. The molecular formula is C33H32. The molecule has 0 spiro atoms. The first kappa shape index (κ1) is 21.5. The standard InChI is InChI=1S/C33H32/c1-5-12-22(2)31-23(3)19-29-21-28(20-27-17-11-16-25-13-9-10-18-30(25)27)24(4)32(29)33(31)26-14-7-6-8-15-26/h6-11,13-20,32-33H,2,4-5,12,21H2,1,3H3/b28-20+/t32-,33+/m0/s1. The molecule has 3 aromatic carbocycles. The third kappa shape index (κ3) is 3.85. The van der Waals surface area contributed by atoms with E-state index in [9.17, 15) is 0 Å². The molecule has 0 radical (unpaired) electrons. The first-order valence-corrected chi connectivity index (χ1v) is 12.1. The lowest BCUT2D eigenvalue weighted by atomic mass is 9.69. The van der Waals surface area contributed by atoms with Crippen LogP contribution in [0.3, 0.4) is 0 Å². The minimum absolute atomic E-state index is 0.288. The Labute approximate surface area is 198 Å². The zero-order chi connectivity index (χ0) is 22.9. The highest BCUT2D eigenvalue weighted by Crippen LogP contribution is 2.55. The Morgan fingerprint density at radius 2 is 1.67 bits per heavy atom. The van der Waals surface area contributed by atoms with Gasteiger partial charge in [0, 0.05) is 11.8 Å². The van der Waals surface area contributed by atoms with Gasteiger partial charge in [0.1, 0.15) is 0 Å². The number of hydrogen-bond donors (Lipinski definition) is 0. The van der Waals surface area contributed by atoms with Crippen molar-refractivity contribution in [3.05, 3.63) is 137 Å². The summed E-state index contributed by atoms with van der Waals surface area (Å²) in [6.07, 6.45) is 7.93. The molecule has 2 aliphatic carbocycles. The van der Waals surface area contributed by atoms with Gasteiger partial charge in [-0.15, -0.1) is 0 Å². The Balaban J connectivity index is 1.61. The SMILES string of the molecule is C=C(CCC)C1=C(C)C=C2C/C(=C\c3cccc4ccccc34)C(=C)[C@@H]2[C@@H]1c1ccccc1. The van der Waals surface area contributed by atoms with E-state index in [0.29, 0.717) is 5.92 Å². The van der Waals surface area contributed by atoms with Crippen LogP contribution in [0.15, 0.2) is 125 Å². The van der Waals surface area contributed by atoms with Crippen molar-refractivity contribution in [1.82, 2.24) is 0 Å². The van der Waals surface area contributed by atoms with Gasteiger partial charge in [0.2, 0.25) is 0 Å². The molecule has 0 nitrogen and oxygen atoms in total. The number of allylic oxidation sites excluding steroid dienone is 7. The molecule has 5 rings (SSSR count). The second-order valence-electron chi connectivity index (χ2n) is 9.48. The fraction of sp³-hybridized carbons (Fsp3) is 0.212. The molecule has 33 heavy (non-hydrogen) atoms. The predicted molar refractivity (Wildman–Crippen MR) is 143 cm³/mol. The number of benzene rings is 3. The lowest BCUT2D eigenvalue weighted by molar-refractivity contribution is 0.619. The van der Waals surface area contributed by atoms with E-state index < -0.39 is 0 Å². The Bertz CT molecular complexity index is 1320. The Hall–Kier alpha value is -3.38. The predicted octanol–water partition coefficient (Wildman–Crippen LogP) is 9.20. The van der Waals surface area contributed by atoms with Gasteiger partial charge in [0.05, 0.1) is 0 Å². The highest BCUT2D eigenvalue weighted by molar-refractivity contribution is 5.91. The van der Waals surface area contributed by atoms with Crippen molar-refractivity contribution in [2.24, 2.45) is 5.92 Å². The summed E-state index contributed by atoms with van der Waals surface area (Å²) in [5, 5.41) is 2.58. The summed E-state index contributed by atoms with van der Waals surface area (Å²) in [6, 6.07) is 26.2. The van der Waals surface area contributed by atoms with Crippen molar-refractivity contribution in [2.75, 3.05) is 0 Å². The van der Waals surface area contributed by atoms with Gasteiger partial charge in [0.15, 0.2) is 0 Å². The highest BCUT2D eigenvalue weighted by atomic mass is 14.4. The van der Waals surface area contributed by atoms with Crippen molar-refractivity contribution in [3.63, 3.8) is 0 Å². The summed E-state index contributed by atoms with van der Waals surface area (Å²) >= 11 is 0. The second-order valence-corrected chi connectivity index (χ2v) is 9.48. The van der Waals surface area contributed by atoms with Crippen LogP contribution in [0, 0.1) is 5.92 Å². The molecule has 1 saturated carbocycles. The first-order chi connectivity index (χ1) is 16.1. The van der Waals surface area contributed by atoms with Crippen LogP contribution >= 0.6 is 0 Å². The normalized spacial score (nSPS) is 21.5. The second kappa shape index (κ2) is 8.87. The maximum atomic E-state index is 4.68. The summed E-state index contributed by atoms with van der Waals surface area (Å²) in [5.41, 5.74) is 10.8. The Morgan fingerprint density at radius 3 is 2.45 bits per heavy atom. The fourth-order valence-corrected chi connectivity index (χ4v) is 5.85. The maximum absolute atomic E-state index is 4.68.